The first-order valence-corrected chi connectivity index (χ1v) is 12.7. The number of aromatic nitrogens is 4. The molecule has 0 aromatic carbocycles. The highest BCUT2D eigenvalue weighted by molar-refractivity contribution is 5.98. The summed E-state index contributed by atoms with van der Waals surface area (Å²) in [4.78, 5) is 42.6. The molecule has 3 aromatic rings. The van der Waals surface area contributed by atoms with Gasteiger partial charge in [0.15, 0.2) is 5.82 Å². The Morgan fingerprint density at radius 2 is 2.05 bits per heavy atom. The predicted molar refractivity (Wildman–Crippen MR) is 138 cm³/mol. The highest BCUT2D eigenvalue weighted by atomic mass is 16.5. The van der Waals surface area contributed by atoms with Crippen LogP contribution in [0.3, 0.4) is 0 Å². The third-order valence-electron chi connectivity index (χ3n) is 6.41. The van der Waals surface area contributed by atoms with Gasteiger partial charge in [-0.1, -0.05) is 39.8 Å². The Bertz CT molecular complexity index is 1220. The third-order valence-corrected chi connectivity index (χ3v) is 6.41. The Balaban J connectivity index is 1.69. The fourth-order valence-electron chi connectivity index (χ4n) is 4.56. The summed E-state index contributed by atoms with van der Waals surface area (Å²) < 4.78 is 10.4. The Labute approximate surface area is 221 Å². The standard InChI is InChI=1S/C26H35N7O5/c1-16(2)12-33(18-9-17(21-29-15-38-31-21)13-32(14-18)25(35)36)23(34)20-11-28-24(26(3,4)5)30-22(20)27-10-19-7-6-8-37-19/h6-8,11,15-18H,9-10,12-14H2,1-5H3,(H,35,36)(H,27,28,30). The number of hydrogen-bond acceptors (Lipinski definition) is 9. The molecule has 2 amide bonds. The molecular weight excluding hydrogens is 490 g/mol. The normalized spacial score (nSPS) is 18.0. The van der Waals surface area contributed by atoms with E-state index in [0.29, 0.717) is 48.3 Å². The molecular formula is C26H35N7O5. The summed E-state index contributed by atoms with van der Waals surface area (Å²) in [6.45, 7) is 11.2. The lowest BCUT2D eigenvalue weighted by atomic mass is 9.91. The highest BCUT2D eigenvalue weighted by Crippen LogP contribution is 2.30. The lowest BCUT2D eigenvalue weighted by Crippen LogP contribution is -2.54. The second-order valence-electron chi connectivity index (χ2n) is 11.1. The molecule has 1 aliphatic rings. The number of carboxylic acid groups (broad SMARTS) is 1. The second-order valence-corrected chi connectivity index (χ2v) is 11.1. The van der Waals surface area contributed by atoms with Crippen LogP contribution in [0.15, 0.2) is 39.9 Å². The lowest BCUT2D eigenvalue weighted by molar-refractivity contribution is 0.0466. The summed E-state index contributed by atoms with van der Waals surface area (Å²) in [6.07, 6.45) is 3.82. The van der Waals surface area contributed by atoms with Gasteiger partial charge in [-0.05, 0) is 24.5 Å². The minimum atomic E-state index is -1.06. The van der Waals surface area contributed by atoms with Crippen molar-refractivity contribution in [3.63, 3.8) is 0 Å². The first-order valence-electron chi connectivity index (χ1n) is 12.7. The van der Waals surface area contributed by atoms with Gasteiger partial charge in [0, 0.05) is 37.2 Å². The van der Waals surface area contributed by atoms with E-state index in [4.69, 9.17) is 13.9 Å². The van der Waals surface area contributed by atoms with Crippen molar-refractivity contribution in [3.8, 4) is 0 Å². The van der Waals surface area contributed by atoms with E-state index < -0.39 is 12.1 Å². The smallest absolute Gasteiger partial charge is 0.407 e. The fraction of sp³-hybridized carbons (Fsp3) is 0.538. The Hall–Kier alpha value is -3.96. The Kier molecular flexibility index (Phi) is 7.98. The number of nitrogens with zero attached hydrogens (tertiary/aromatic N) is 6. The monoisotopic (exact) mass is 525 g/mol. The van der Waals surface area contributed by atoms with Crippen molar-refractivity contribution in [2.45, 2.75) is 65.0 Å². The molecule has 2 atom stereocenters. The van der Waals surface area contributed by atoms with Gasteiger partial charge in [-0.2, -0.15) is 4.98 Å². The zero-order valence-corrected chi connectivity index (χ0v) is 22.4. The van der Waals surface area contributed by atoms with E-state index >= 15 is 0 Å². The predicted octanol–water partition coefficient (Wildman–Crippen LogP) is 4.00. The molecule has 2 unspecified atom stereocenters. The van der Waals surface area contributed by atoms with Gasteiger partial charge in [-0.25, -0.2) is 14.8 Å². The van der Waals surface area contributed by atoms with Crippen molar-refractivity contribution in [2.24, 2.45) is 5.92 Å². The van der Waals surface area contributed by atoms with Crippen LogP contribution in [0.2, 0.25) is 0 Å². The summed E-state index contributed by atoms with van der Waals surface area (Å²) in [5, 5.41) is 17.0. The van der Waals surface area contributed by atoms with E-state index in [2.05, 4.69) is 20.4 Å². The fourth-order valence-corrected chi connectivity index (χ4v) is 4.56. The van der Waals surface area contributed by atoms with E-state index in [-0.39, 0.29) is 36.2 Å². The van der Waals surface area contributed by atoms with Crippen LogP contribution >= 0.6 is 0 Å². The summed E-state index contributed by atoms with van der Waals surface area (Å²) in [5.41, 5.74) is -0.0162. The van der Waals surface area contributed by atoms with Crippen LogP contribution in [0, 0.1) is 5.92 Å². The average molecular weight is 526 g/mol. The van der Waals surface area contributed by atoms with Crippen molar-refractivity contribution in [2.75, 3.05) is 25.0 Å². The van der Waals surface area contributed by atoms with Crippen molar-refractivity contribution < 1.29 is 23.6 Å². The van der Waals surface area contributed by atoms with Crippen LogP contribution in [0.25, 0.3) is 0 Å². The molecule has 12 heteroatoms. The van der Waals surface area contributed by atoms with Crippen LogP contribution in [-0.4, -0.2) is 72.7 Å². The SMILES string of the molecule is CC(C)CN(C(=O)c1cnc(C(C)(C)C)nc1NCc1ccco1)C1CC(c2ncon2)CN(C(=O)O)C1. The van der Waals surface area contributed by atoms with Crippen LogP contribution in [0.5, 0.6) is 0 Å². The minimum Gasteiger partial charge on any atom is -0.467 e. The molecule has 3 aromatic heterocycles. The lowest BCUT2D eigenvalue weighted by Gasteiger charge is -2.41. The molecule has 2 N–H and O–H groups in total. The first-order chi connectivity index (χ1) is 18.0. The number of rotatable bonds is 8. The Morgan fingerprint density at radius 1 is 1.26 bits per heavy atom. The zero-order chi connectivity index (χ0) is 27.4. The average Bonchev–Trinajstić information content (AvgIpc) is 3.59. The van der Waals surface area contributed by atoms with Gasteiger partial charge in [0.25, 0.3) is 5.91 Å². The molecule has 1 aliphatic heterocycles. The van der Waals surface area contributed by atoms with Crippen LogP contribution in [0.4, 0.5) is 10.6 Å². The van der Waals surface area contributed by atoms with Gasteiger partial charge in [0.05, 0.1) is 18.8 Å². The molecule has 38 heavy (non-hydrogen) atoms. The van der Waals surface area contributed by atoms with Gasteiger partial charge < -0.3 is 29.2 Å². The largest absolute Gasteiger partial charge is 0.467 e. The molecule has 12 nitrogen and oxygen atoms in total. The van der Waals surface area contributed by atoms with Gasteiger partial charge in [0.1, 0.15) is 23.0 Å². The van der Waals surface area contributed by atoms with Gasteiger partial charge in [-0.3, -0.25) is 4.79 Å². The quantitative estimate of drug-likeness (QED) is 0.441. The number of furan rings is 1. The molecule has 4 heterocycles. The number of anilines is 1. The number of hydrogen-bond donors (Lipinski definition) is 2. The molecule has 0 spiro atoms. The van der Waals surface area contributed by atoms with E-state index in [1.54, 1.807) is 23.4 Å². The number of amides is 2. The van der Waals surface area contributed by atoms with E-state index in [1.165, 1.54) is 11.3 Å². The topological polar surface area (TPSA) is 151 Å². The number of piperidine rings is 1. The van der Waals surface area contributed by atoms with Crippen molar-refractivity contribution in [3.05, 3.63) is 54.0 Å². The summed E-state index contributed by atoms with van der Waals surface area (Å²) in [7, 11) is 0. The third kappa shape index (κ3) is 6.29. The number of nitrogens with one attached hydrogen (secondary N) is 1. The minimum absolute atomic E-state index is 0.136. The molecule has 0 radical (unpaired) electrons. The molecule has 0 saturated carbocycles. The van der Waals surface area contributed by atoms with E-state index in [1.807, 2.05) is 40.7 Å². The van der Waals surface area contributed by atoms with E-state index in [9.17, 15) is 14.7 Å². The second kappa shape index (κ2) is 11.2. The number of carbonyl (C=O) groups is 2. The molecule has 1 saturated heterocycles. The molecule has 0 bridgehead atoms. The van der Waals surface area contributed by atoms with Gasteiger partial charge in [-0.15, -0.1) is 0 Å². The molecule has 0 aliphatic carbocycles. The molecule has 1 fully saturated rings. The van der Waals surface area contributed by atoms with E-state index in [0.717, 1.165) is 0 Å². The zero-order valence-electron chi connectivity index (χ0n) is 22.4. The molecule has 4 rings (SSSR count). The van der Waals surface area contributed by atoms with Gasteiger partial charge >= 0.3 is 6.09 Å². The van der Waals surface area contributed by atoms with Crippen LogP contribution < -0.4 is 5.32 Å². The van der Waals surface area contributed by atoms with Crippen molar-refractivity contribution >= 4 is 17.8 Å². The van der Waals surface area contributed by atoms with Crippen LogP contribution in [-0.2, 0) is 12.0 Å². The summed E-state index contributed by atoms with van der Waals surface area (Å²) >= 11 is 0. The highest BCUT2D eigenvalue weighted by Gasteiger charge is 2.38. The maximum Gasteiger partial charge on any atom is 0.407 e. The van der Waals surface area contributed by atoms with Gasteiger partial charge in [0.2, 0.25) is 6.39 Å². The summed E-state index contributed by atoms with van der Waals surface area (Å²) in [6, 6.07) is 3.23. The molecule has 204 valence electrons. The Morgan fingerprint density at radius 3 is 2.66 bits per heavy atom. The summed E-state index contributed by atoms with van der Waals surface area (Å²) in [5.74, 6) is 1.69. The van der Waals surface area contributed by atoms with Crippen molar-refractivity contribution in [1.29, 1.82) is 0 Å². The maximum atomic E-state index is 14.2. The van der Waals surface area contributed by atoms with Crippen LogP contribution in [0.1, 0.15) is 74.7 Å². The number of likely N-dealkylation sites (tertiary alicyclic amines) is 1. The number of carbonyl (C=O) groups excluding carboxylic acids is 1. The maximum absolute atomic E-state index is 14.2. The first kappa shape index (κ1) is 27.1. The van der Waals surface area contributed by atoms with Crippen molar-refractivity contribution in [1.82, 2.24) is 29.9 Å².